The molecule has 0 aliphatic heterocycles. The molecule has 1 aromatic carbocycles. The molecular weight excluding hydrogens is 273 g/mol. The minimum Gasteiger partial charge on any atom is -0.625 e. The van der Waals surface area contributed by atoms with Gasteiger partial charge in [-0.25, -0.2) is 10.1 Å². The molecule has 0 saturated carbocycles. The number of hydrogen-bond acceptors (Lipinski definition) is 2. The third kappa shape index (κ3) is 3.03. The molecule has 0 amide bonds. The second kappa shape index (κ2) is 5.89. The van der Waals surface area contributed by atoms with Crippen molar-refractivity contribution < 1.29 is 5.16 Å². The molecule has 0 spiro atoms. The van der Waals surface area contributed by atoms with Crippen LogP contribution in [0.4, 0.5) is 0 Å². The van der Waals surface area contributed by atoms with Crippen molar-refractivity contribution in [3.8, 4) is 0 Å². The van der Waals surface area contributed by atoms with E-state index < -0.39 is 0 Å². The van der Waals surface area contributed by atoms with Crippen molar-refractivity contribution in [1.82, 2.24) is 9.55 Å². The minimum atomic E-state index is 0.435. The maximum absolute atomic E-state index is 11.0. The first-order valence-electron chi connectivity index (χ1n) is 5.36. The molecule has 0 saturated heterocycles. The predicted octanol–water partition coefficient (Wildman–Crippen LogP) is 1.65. The van der Waals surface area contributed by atoms with E-state index in [2.05, 4.69) is 4.98 Å². The van der Waals surface area contributed by atoms with E-state index in [1.54, 1.807) is 30.7 Å². The van der Waals surface area contributed by atoms with Gasteiger partial charge in [-0.1, -0.05) is 23.2 Å². The lowest BCUT2D eigenvalue weighted by Gasteiger charge is -2.05. The Balaban J connectivity index is 2.11. The zero-order chi connectivity index (χ0) is 13.0. The van der Waals surface area contributed by atoms with Crippen molar-refractivity contribution >= 4 is 28.9 Å². The van der Waals surface area contributed by atoms with Crippen molar-refractivity contribution in [3.05, 3.63) is 57.7 Å². The summed E-state index contributed by atoms with van der Waals surface area (Å²) in [7, 11) is 0. The van der Waals surface area contributed by atoms with E-state index in [1.165, 1.54) is 0 Å². The highest BCUT2D eigenvalue weighted by Crippen LogP contribution is 2.22. The van der Waals surface area contributed by atoms with E-state index in [9.17, 15) is 5.21 Å². The number of halogens is 2. The zero-order valence-corrected chi connectivity index (χ0v) is 10.9. The van der Waals surface area contributed by atoms with Gasteiger partial charge in [-0.15, -0.1) is 0 Å². The maximum Gasteiger partial charge on any atom is 0.194 e. The SMILES string of the molecule is [O-][NH+]=C(CCn1ccnc1)c1ccc(Cl)c(Cl)c1. The molecule has 0 bridgehead atoms. The Morgan fingerprint density at radius 1 is 1.33 bits per heavy atom. The number of rotatable bonds is 4. The Kier molecular flexibility index (Phi) is 4.23. The molecule has 1 N–H and O–H groups in total. The quantitative estimate of drug-likeness (QED) is 0.527. The first-order chi connectivity index (χ1) is 8.70. The van der Waals surface area contributed by atoms with Gasteiger partial charge in [0.1, 0.15) is 0 Å². The summed E-state index contributed by atoms with van der Waals surface area (Å²) >= 11 is 11.8. The van der Waals surface area contributed by atoms with Crippen LogP contribution in [0.5, 0.6) is 0 Å². The van der Waals surface area contributed by atoms with Gasteiger partial charge in [0, 0.05) is 24.5 Å². The van der Waals surface area contributed by atoms with Crippen LogP contribution < -0.4 is 5.16 Å². The Hall–Kier alpha value is -1.52. The normalized spacial score (nSPS) is 11.8. The summed E-state index contributed by atoms with van der Waals surface area (Å²) in [6.07, 6.45) is 5.82. The Labute approximate surface area is 114 Å². The predicted molar refractivity (Wildman–Crippen MR) is 71.7 cm³/mol. The summed E-state index contributed by atoms with van der Waals surface area (Å²) in [6.45, 7) is 0.671. The van der Waals surface area contributed by atoms with Gasteiger partial charge < -0.3 is 9.77 Å². The first kappa shape index (κ1) is 12.9. The fraction of sp³-hybridized carbons (Fsp3) is 0.167. The second-order valence-corrected chi connectivity index (χ2v) is 4.57. The summed E-state index contributed by atoms with van der Waals surface area (Å²) < 4.78 is 1.90. The summed E-state index contributed by atoms with van der Waals surface area (Å²) in [4.78, 5) is 3.94. The molecule has 0 fully saturated rings. The number of aryl methyl sites for hydroxylation is 1. The zero-order valence-electron chi connectivity index (χ0n) is 9.44. The average molecular weight is 284 g/mol. The van der Waals surface area contributed by atoms with Gasteiger partial charge in [0.25, 0.3) is 0 Å². The van der Waals surface area contributed by atoms with E-state index in [0.29, 0.717) is 28.7 Å². The molecular formula is C12H11Cl2N3O. The number of benzene rings is 1. The van der Waals surface area contributed by atoms with Crippen LogP contribution >= 0.6 is 23.2 Å². The number of imidazole rings is 1. The van der Waals surface area contributed by atoms with Crippen LogP contribution in [0, 0.1) is 5.21 Å². The van der Waals surface area contributed by atoms with E-state index in [0.717, 1.165) is 5.56 Å². The first-order valence-corrected chi connectivity index (χ1v) is 6.11. The van der Waals surface area contributed by atoms with E-state index in [1.807, 2.05) is 15.9 Å². The fourth-order valence-electron chi connectivity index (χ4n) is 1.60. The number of nitrogens with one attached hydrogen (secondary N) is 1. The fourth-order valence-corrected chi connectivity index (χ4v) is 1.90. The Morgan fingerprint density at radius 3 is 2.78 bits per heavy atom. The number of aromatic nitrogens is 2. The van der Waals surface area contributed by atoms with Crippen molar-refractivity contribution in [2.45, 2.75) is 13.0 Å². The van der Waals surface area contributed by atoms with Gasteiger partial charge >= 0.3 is 0 Å². The molecule has 0 aliphatic carbocycles. The summed E-state index contributed by atoms with van der Waals surface area (Å²) in [5.74, 6) is 0. The topological polar surface area (TPSA) is 54.9 Å². The van der Waals surface area contributed by atoms with Gasteiger partial charge in [0.05, 0.1) is 22.8 Å². The highest BCUT2D eigenvalue weighted by molar-refractivity contribution is 6.42. The standard InChI is InChI=1S/C12H11Cl2N3O/c13-10-2-1-9(7-11(10)14)12(16-18)3-5-17-6-4-15-8-17/h1-2,4,6-8,16H,3,5H2. The smallest absolute Gasteiger partial charge is 0.194 e. The number of hydrogen-bond donors (Lipinski definition) is 1. The van der Waals surface area contributed by atoms with Gasteiger partial charge in [-0.05, 0) is 18.2 Å². The highest BCUT2D eigenvalue weighted by atomic mass is 35.5. The molecule has 4 nitrogen and oxygen atoms in total. The molecule has 1 aromatic heterocycles. The lowest BCUT2D eigenvalue weighted by atomic mass is 10.1. The van der Waals surface area contributed by atoms with Gasteiger partial charge in [-0.2, -0.15) is 0 Å². The summed E-state index contributed by atoms with van der Waals surface area (Å²) in [5.41, 5.74) is 1.32. The van der Waals surface area contributed by atoms with E-state index in [-0.39, 0.29) is 0 Å². The van der Waals surface area contributed by atoms with Crippen LogP contribution in [0.3, 0.4) is 0 Å². The van der Waals surface area contributed by atoms with Crippen LogP contribution in [-0.2, 0) is 6.54 Å². The van der Waals surface area contributed by atoms with Crippen molar-refractivity contribution in [3.63, 3.8) is 0 Å². The van der Waals surface area contributed by atoms with Gasteiger partial charge in [0.2, 0.25) is 0 Å². The molecule has 0 unspecified atom stereocenters. The largest absolute Gasteiger partial charge is 0.625 e. The molecule has 1 heterocycles. The van der Waals surface area contributed by atoms with Crippen LogP contribution in [0.1, 0.15) is 12.0 Å². The third-order valence-corrected chi connectivity index (χ3v) is 3.31. The van der Waals surface area contributed by atoms with Crippen LogP contribution in [0.15, 0.2) is 36.9 Å². The summed E-state index contributed by atoms with van der Waals surface area (Å²) in [5, 5.41) is 13.9. The minimum absolute atomic E-state index is 0.435. The molecule has 0 radical (unpaired) electrons. The summed E-state index contributed by atoms with van der Waals surface area (Å²) in [6, 6.07) is 5.12. The monoisotopic (exact) mass is 283 g/mol. The second-order valence-electron chi connectivity index (χ2n) is 3.76. The molecule has 18 heavy (non-hydrogen) atoms. The van der Waals surface area contributed by atoms with Crippen LogP contribution in [0.25, 0.3) is 0 Å². The average Bonchev–Trinajstić information content (AvgIpc) is 2.87. The van der Waals surface area contributed by atoms with E-state index >= 15 is 0 Å². The lowest BCUT2D eigenvalue weighted by molar-refractivity contribution is -0.374. The Morgan fingerprint density at radius 2 is 2.17 bits per heavy atom. The molecule has 2 rings (SSSR count). The highest BCUT2D eigenvalue weighted by Gasteiger charge is 2.10. The molecule has 0 atom stereocenters. The van der Waals surface area contributed by atoms with Crippen LogP contribution in [0.2, 0.25) is 10.0 Å². The van der Waals surface area contributed by atoms with Gasteiger partial charge in [0.15, 0.2) is 5.71 Å². The molecule has 6 heteroatoms. The van der Waals surface area contributed by atoms with Crippen molar-refractivity contribution in [2.75, 3.05) is 0 Å². The van der Waals surface area contributed by atoms with Crippen molar-refractivity contribution in [1.29, 1.82) is 0 Å². The molecule has 2 aromatic rings. The van der Waals surface area contributed by atoms with E-state index in [4.69, 9.17) is 23.2 Å². The number of nitrogens with zero attached hydrogens (tertiary/aromatic N) is 2. The van der Waals surface area contributed by atoms with Crippen LogP contribution in [-0.4, -0.2) is 15.3 Å². The maximum atomic E-state index is 11.0. The third-order valence-electron chi connectivity index (χ3n) is 2.57. The van der Waals surface area contributed by atoms with Crippen molar-refractivity contribution in [2.24, 2.45) is 0 Å². The molecule has 0 aliphatic rings. The van der Waals surface area contributed by atoms with Gasteiger partial charge in [-0.3, -0.25) is 0 Å². The molecule has 94 valence electrons. The lowest BCUT2D eigenvalue weighted by Crippen LogP contribution is -2.65. The Bertz CT molecular complexity index is 552.